The molecule has 1 heterocycles. The molecule has 0 unspecified atom stereocenters. The Morgan fingerprint density at radius 2 is 2.27 bits per heavy atom. The molecule has 64 valence electrons. The van der Waals surface area contributed by atoms with Crippen LogP contribution in [-0.4, -0.2) is 24.2 Å². The second kappa shape index (κ2) is 2.81. The minimum Gasteiger partial charge on any atom is -0.481 e. The van der Waals surface area contributed by atoms with Crippen LogP contribution in [0.4, 0.5) is 0 Å². The molecule has 1 aliphatic heterocycles. The highest BCUT2D eigenvalue weighted by atomic mass is 16.4. The quantitative estimate of drug-likeness (QED) is 0.589. The van der Waals surface area contributed by atoms with Gasteiger partial charge in [-0.05, 0) is 18.4 Å². The third kappa shape index (κ3) is 1.71. The predicted octanol–water partition coefficient (Wildman–Crippen LogP) is 0.707. The molecule has 2 N–H and O–H groups in total. The molecule has 0 aromatic rings. The van der Waals surface area contributed by atoms with Gasteiger partial charge in [-0.3, -0.25) is 4.79 Å². The van der Waals surface area contributed by atoms with Gasteiger partial charge in [-0.15, -0.1) is 0 Å². The fourth-order valence-corrected chi connectivity index (χ4v) is 1.63. The van der Waals surface area contributed by atoms with Gasteiger partial charge in [-0.1, -0.05) is 13.8 Å². The Hall–Kier alpha value is -0.570. The van der Waals surface area contributed by atoms with Crippen molar-refractivity contribution in [1.29, 1.82) is 0 Å². The minimum atomic E-state index is -0.656. The Balaban J connectivity index is 2.67. The second-order valence-corrected chi connectivity index (χ2v) is 3.84. The van der Waals surface area contributed by atoms with Crippen LogP contribution >= 0.6 is 0 Å². The van der Waals surface area contributed by atoms with E-state index in [1.54, 1.807) is 0 Å². The van der Waals surface area contributed by atoms with Gasteiger partial charge in [-0.2, -0.15) is 0 Å². The average molecular weight is 157 g/mol. The molecule has 0 aromatic heterocycles. The van der Waals surface area contributed by atoms with Crippen molar-refractivity contribution in [3.63, 3.8) is 0 Å². The van der Waals surface area contributed by atoms with Gasteiger partial charge in [0.15, 0.2) is 0 Å². The molecule has 0 amide bonds. The SMILES string of the molecule is CC1(C)CNCC[C@H]1C(=O)O. The van der Waals surface area contributed by atoms with Crippen molar-refractivity contribution in [2.45, 2.75) is 20.3 Å². The Labute approximate surface area is 66.8 Å². The highest BCUT2D eigenvalue weighted by molar-refractivity contribution is 5.71. The van der Waals surface area contributed by atoms with Crippen LogP contribution in [0.1, 0.15) is 20.3 Å². The molecular formula is C8H15NO2. The summed E-state index contributed by atoms with van der Waals surface area (Å²) in [6.07, 6.45) is 0.752. The summed E-state index contributed by atoms with van der Waals surface area (Å²) < 4.78 is 0. The van der Waals surface area contributed by atoms with Crippen molar-refractivity contribution in [3.8, 4) is 0 Å². The molecule has 0 aliphatic carbocycles. The van der Waals surface area contributed by atoms with E-state index in [0.29, 0.717) is 0 Å². The standard InChI is InChI=1S/C8H15NO2/c1-8(2)5-9-4-3-6(8)7(10)11/h6,9H,3-5H2,1-2H3,(H,10,11)/t6-/m0/s1. The van der Waals surface area contributed by atoms with Crippen LogP contribution in [0.5, 0.6) is 0 Å². The average Bonchev–Trinajstić information content (AvgIpc) is 1.85. The van der Waals surface area contributed by atoms with Crippen molar-refractivity contribution in [2.24, 2.45) is 11.3 Å². The number of carboxylic acid groups (broad SMARTS) is 1. The minimum absolute atomic E-state index is 0.0932. The molecule has 0 saturated carbocycles. The van der Waals surface area contributed by atoms with E-state index in [-0.39, 0.29) is 11.3 Å². The van der Waals surface area contributed by atoms with Crippen LogP contribution in [0.3, 0.4) is 0 Å². The lowest BCUT2D eigenvalue weighted by Gasteiger charge is -2.36. The number of nitrogens with one attached hydrogen (secondary N) is 1. The first-order valence-corrected chi connectivity index (χ1v) is 3.97. The first kappa shape index (κ1) is 8.53. The van der Waals surface area contributed by atoms with Crippen LogP contribution in [0.25, 0.3) is 0 Å². The summed E-state index contributed by atoms with van der Waals surface area (Å²) in [7, 11) is 0. The lowest BCUT2D eigenvalue weighted by molar-refractivity contribution is -0.147. The summed E-state index contributed by atoms with van der Waals surface area (Å²) in [6.45, 7) is 5.64. The molecular weight excluding hydrogens is 142 g/mol. The fourth-order valence-electron chi connectivity index (χ4n) is 1.63. The second-order valence-electron chi connectivity index (χ2n) is 3.84. The van der Waals surface area contributed by atoms with Crippen molar-refractivity contribution in [3.05, 3.63) is 0 Å². The van der Waals surface area contributed by atoms with E-state index in [0.717, 1.165) is 19.5 Å². The van der Waals surface area contributed by atoms with Crippen molar-refractivity contribution in [1.82, 2.24) is 5.32 Å². The van der Waals surface area contributed by atoms with E-state index in [1.807, 2.05) is 13.8 Å². The summed E-state index contributed by atoms with van der Waals surface area (Å²) >= 11 is 0. The molecule has 1 fully saturated rings. The van der Waals surface area contributed by atoms with Gasteiger partial charge in [0.2, 0.25) is 0 Å². The fraction of sp³-hybridized carbons (Fsp3) is 0.875. The van der Waals surface area contributed by atoms with E-state index in [9.17, 15) is 4.79 Å². The van der Waals surface area contributed by atoms with E-state index in [2.05, 4.69) is 5.32 Å². The van der Waals surface area contributed by atoms with Crippen molar-refractivity contribution < 1.29 is 9.90 Å². The zero-order valence-corrected chi connectivity index (χ0v) is 7.05. The smallest absolute Gasteiger partial charge is 0.307 e. The van der Waals surface area contributed by atoms with Gasteiger partial charge in [-0.25, -0.2) is 0 Å². The first-order chi connectivity index (χ1) is 5.04. The third-order valence-electron chi connectivity index (χ3n) is 2.43. The summed E-state index contributed by atoms with van der Waals surface area (Å²) in [5.41, 5.74) is -0.0932. The van der Waals surface area contributed by atoms with Crippen LogP contribution in [0.2, 0.25) is 0 Å². The number of aliphatic carboxylic acids is 1. The number of rotatable bonds is 1. The highest BCUT2D eigenvalue weighted by Gasteiger charge is 2.36. The summed E-state index contributed by atoms with van der Waals surface area (Å²) in [5.74, 6) is -0.833. The maximum Gasteiger partial charge on any atom is 0.307 e. The predicted molar refractivity (Wildman–Crippen MR) is 42.4 cm³/mol. The Morgan fingerprint density at radius 3 is 2.64 bits per heavy atom. The van der Waals surface area contributed by atoms with Gasteiger partial charge in [0, 0.05) is 6.54 Å². The van der Waals surface area contributed by atoms with E-state index < -0.39 is 5.97 Å². The summed E-state index contributed by atoms with van der Waals surface area (Å²) in [5, 5.41) is 12.0. The molecule has 0 bridgehead atoms. The molecule has 1 rings (SSSR count). The zero-order chi connectivity index (χ0) is 8.48. The number of hydrogen-bond acceptors (Lipinski definition) is 2. The van der Waals surface area contributed by atoms with Crippen LogP contribution in [0, 0.1) is 11.3 Å². The topological polar surface area (TPSA) is 49.3 Å². The molecule has 3 nitrogen and oxygen atoms in total. The largest absolute Gasteiger partial charge is 0.481 e. The van der Waals surface area contributed by atoms with E-state index >= 15 is 0 Å². The molecule has 0 aromatic carbocycles. The maximum absolute atomic E-state index is 10.7. The molecule has 11 heavy (non-hydrogen) atoms. The van der Waals surface area contributed by atoms with Gasteiger partial charge in [0.05, 0.1) is 5.92 Å². The molecule has 1 aliphatic rings. The zero-order valence-electron chi connectivity index (χ0n) is 7.05. The van der Waals surface area contributed by atoms with Crippen LogP contribution in [0.15, 0.2) is 0 Å². The van der Waals surface area contributed by atoms with E-state index in [4.69, 9.17) is 5.11 Å². The molecule has 1 atom stereocenters. The first-order valence-electron chi connectivity index (χ1n) is 3.97. The molecule has 1 saturated heterocycles. The number of carbonyl (C=O) groups is 1. The summed E-state index contributed by atoms with van der Waals surface area (Å²) in [4.78, 5) is 10.7. The highest BCUT2D eigenvalue weighted by Crippen LogP contribution is 2.31. The lowest BCUT2D eigenvalue weighted by Crippen LogP contribution is -2.45. The maximum atomic E-state index is 10.7. The Bertz CT molecular complexity index is 165. The monoisotopic (exact) mass is 157 g/mol. The van der Waals surface area contributed by atoms with Crippen molar-refractivity contribution >= 4 is 5.97 Å². The van der Waals surface area contributed by atoms with Crippen LogP contribution < -0.4 is 5.32 Å². The van der Waals surface area contributed by atoms with Gasteiger partial charge in [0.1, 0.15) is 0 Å². The van der Waals surface area contributed by atoms with Gasteiger partial charge in [0.25, 0.3) is 0 Å². The summed E-state index contributed by atoms with van der Waals surface area (Å²) in [6, 6.07) is 0. The molecule has 3 heteroatoms. The van der Waals surface area contributed by atoms with Gasteiger partial charge < -0.3 is 10.4 Å². The Kier molecular flexibility index (Phi) is 2.18. The van der Waals surface area contributed by atoms with Crippen LogP contribution in [-0.2, 0) is 4.79 Å². The molecule has 0 radical (unpaired) electrons. The normalized spacial score (nSPS) is 29.8. The third-order valence-corrected chi connectivity index (χ3v) is 2.43. The number of carboxylic acids is 1. The van der Waals surface area contributed by atoms with Gasteiger partial charge >= 0.3 is 5.97 Å². The molecule has 0 spiro atoms. The Morgan fingerprint density at radius 1 is 1.64 bits per heavy atom. The lowest BCUT2D eigenvalue weighted by atomic mass is 9.75. The van der Waals surface area contributed by atoms with E-state index in [1.165, 1.54) is 0 Å². The van der Waals surface area contributed by atoms with Crippen molar-refractivity contribution in [2.75, 3.05) is 13.1 Å². The number of hydrogen-bond donors (Lipinski definition) is 2. The number of piperidine rings is 1.